The highest BCUT2D eigenvalue weighted by molar-refractivity contribution is 5.85. The Hall–Kier alpha value is -1.06. The molecule has 0 amide bonds. The Morgan fingerprint density at radius 1 is 1.35 bits per heavy atom. The number of nitrogens with one attached hydrogen (secondary N) is 1. The number of rotatable bonds is 0. The minimum absolute atomic E-state index is 0. The lowest BCUT2D eigenvalue weighted by molar-refractivity contribution is 0.439. The monoisotopic (exact) mass is 254 g/mol. The number of aromatic nitrogens is 1. The van der Waals surface area contributed by atoms with Crippen LogP contribution in [0.3, 0.4) is 0 Å². The van der Waals surface area contributed by atoms with Gasteiger partial charge in [0.2, 0.25) is 0 Å². The zero-order valence-electron chi connectivity index (χ0n) is 9.96. The van der Waals surface area contributed by atoms with Crippen LogP contribution in [0.4, 0.5) is 4.39 Å². The van der Waals surface area contributed by atoms with Crippen molar-refractivity contribution in [2.45, 2.75) is 26.4 Å². The molecule has 1 atom stereocenters. The summed E-state index contributed by atoms with van der Waals surface area (Å²) in [6.07, 6.45) is 0. The summed E-state index contributed by atoms with van der Waals surface area (Å²) in [5, 5.41) is 4.39. The van der Waals surface area contributed by atoms with E-state index in [1.807, 2.05) is 6.92 Å². The molecule has 2 aromatic rings. The lowest BCUT2D eigenvalue weighted by Crippen LogP contribution is -2.31. The van der Waals surface area contributed by atoms with Crippen molar-refractivity contribution in [1.29, 1.82) is 0 Å². The van der Waals surface area contributed by atoms with Crippen molar-refractivity contribution >= 4 is 23.3 Å². The van der Waals surface area contributed by atoms with Crippen LogP contribution < -0.4 is 5.32 Å². The van der Waals surface area contributed by atoms with E-state index in [4.69, 9.17) is 0 Å². The van der Waals surface area contributed by atoms with Crippen molar-refractivity contribution in [1.82, 2.24) is 9.88 Å². The summed E-state index contributed by atoms with van der Waals surface area (Å²) in [6, 6.07) is 5.77. The first-order valence-electron chi connectivity index (χ1n) is 5.67. The summed E-state index contributed by atoms with van der Waals surface area (Å²) in [4.78, 5) is 0. The maximum atomic E-state index is 13.3. The minimum Gasteiger partial charge on any atom is -0.339 e. The van der Waals surface area contributed by atoms with Crippen LogP contribution in [0.2, 0.25) is 0 Å². The molecule has 2 nitrogen and oxygen atoms in total. The van der Waals surface area contributed by atoms with Gasteiger partial charge in [0.1, 0.15) is 5.82 Å². The molecule has 1 N–H and O–H groups in total. The molecule has 0 bridgehead atoms. The van der Waals surface area contributed by atoms with Crippen LogP contribution in [0.25, 0.3) is 10.9 Å². The number of aryl methyl sites for hydroxylation is 1. The molecular weight excluding hydrogens is 239 g/mol. The molecule has 0 fully saturated rings. The Morgan fingerprint density at radius 3 is 2.88 bits per heavy atom. The fourth-order valence-corrected chi connectivity index (χ4v) is 2.73. The van der Waals surface area contributed by atoms with Crippen LogP contribution in [0.1, 0.15) is 24.2 Å². The molecule has 1 aliphatic heterocycles. The molecule has 0 saturated heterocycles. The van der Waals surface area contributed by atoms with Gasteiger partial charge in [-0.15, -0.1) is 12.4 Å². The van der Waals surface area contributed by atoms with Crippen LogP contribution in [0.15, 0.2) is 18.2 Å². The standard InChI is InChI=1S/C13H15FN2.ClH/c1-8-3-11(14)4-10-5-12-7-15-6-9(2)16(12)13(8)10;/h3-5,9,15H,6-7H2,1-2H3;1H/t9-;/m1./s1. The van der Waals surface area contributed by atoms with Crippen molar-refractivity contribution < 1.29 is 4.39 Å². The molecule has 0 saturated carbocycles. The highest BCUT2D eigenvalue weighted by Gasteiger charge is 2.19. The first-order valence-corrected chi connectivity index (χ1v) is 5.67. The van der Waals surface area contributed by atoms with E-state index in [9.17, 15) is 4.39 Å². The Bertz CT molecular complexity index is 562. The van der Waals surface area contributed by atoms with Crippen LogP contribution in [-0.2, 0) is 6.54 Å². The van der Waals surface area contributed by atoms with Gasteiger partial charge in [-0.25, -0.2) is 4.39 Å². The fraction of sp³-hybridized carbons (Fsp3) is 0.385. The van der Waals surface area contributed by atoms with E-state index in [2.05, 4.69) is 22.9 Å². The molecule has 2 heterocycles. The van der Waals surface area contributed by atoms with Crippen molar-refractivity contribution in [3.63, 3.8) is 0 Å². The van der Waals surface area contributed by atoms with E-state index in [1.165, 1.54) is 11.2 Å². The Labute approximate surface area is 106 Å². The molecular formula is C13H16ClFN2. The third kappa shape index (κ3) is 1.83. The van der Waals surface area contributed by atoms with Crippen molar-refractivity contribution in [3.8, 4) is 0 Å². The van der Waals surface area contributed by atoms with Crippen LogP contribution in [-0.4, -0.2) is 11.1 Å². The zero-order valence-corrected chi connectivity index (χ0v) is 10.8. The second-order valence-electron chi connectivity index (χ2n) is 4.65. The highest BCUT2D eigenvalue weighted by Crippen LogP contribution is 2.29. The number of halogens is 2. The molecule has 4 heteroatoms. The van der Waals surface area contributed by atoms with Crippen molar-refractivity contribution in [2.75, 3.05) is 6.54 Å². The Morgan fingerprint density at radius 2 is 2.12 bits per heavy atom. The normalized spacial score (nSPS) is 18.9. The number of benzene rings is 1. The van der Waals surface area contributed by atoms with Crippen LogP contribution >= 0.6 is 12.4 Å². The SMILES string of the molecule is Cc1cc(F)cc2cc3n(c12)[C@H](C)CNC3.Cl. The van der Waals surface area contributed by atoms with Gasteiger partial charge in [0.15, 0.2) is 0 Å². The second kappa shape index (κ2) is 4.31. The van der Waals surface area contributed by atoms with Gasteiger partial charge >= 0.3 is 0 Å². The van der Waals surface area contributed by atoms with E-state index in [0.29, 0.717) is 6.04 Å². The molecule has 92 valence electrons. The lowest BCUT2D eigenvalue weighted by atomic mass is 10.1. The maximum absolute atomic E-state index is 13.3. The molecule has 0 radical (unpaired) electrons. The van der Waals surface area contributed by atoms with E-state index >= 15 is 0 Å². The van der Waals surface area contributed by atoms with Gasteiger partial charge in [-0.1, -0.05) is 0 Å². The summed E-state index contributed by atoms with van der Waals surface area (Å²) in [5.74, 6) is -0.145. The van der Waals surface area contributed by atoms with Crippen LogP contribution in [0.5, 0.6) is 0 Å². The smallest absolute Gasteiger partial charge is 0.124 e. The van der Waals surface area contributed by atoms with Gasteiger partial charge in [-0.05, 0) is 37.6 Å². The Kier molecular flexibility index (Phi) is 3.15. The average molecular weight is 255 g/mol. The molecule has 1 aliphatic rings. The van der Waals surface area contributed by atoms with Gasteiger partial charge in [0.05, 0.1) is 5.52 Å². The number of fused-ring (bicyclic) bond motifs is 3. The average Bonchev–Trinajstić information content (AvgIpc) is 2.56. The third-order valence-electron chi connectivity index (χ3n) is 3.35. The summed E-state index contributed by atoms with van der Waals surface area (Å²) in [7, 11) is 0. The van der Waals surface area contributed by atoms with Crippen LogP contribution in [0, 0.1) is 12.7 Å². The molecule has 0 aliphatic carbocycles. The van der Waals surface area contributed by atoms with Gasteiger partial charge in [0.25, 0.3) is 0 Å². The first kappa shape index (κ1) is 12.4. The summed E-state index contributed by atoms with van der Waals surface area (Å²) < 4.78 is 15.7. The molecule has 3 rings (SSSR count). The highest BCUT2D eigenvalue weighted by atomic mass is 35.5. The molecule has 17 heavy (non-hydrogen) atoms. The second-order valence-corrected chi connectivity index (χ2v) is 4.65. The minimum atomic E-state index is -0.145. The topological polar surface area (TPSA) is 17.0 Å². The van der Waals surface area contributed by atoms with Gasteiger partial charge < -0.3 is 9.88 Å². The van der Waals surface area contributed by atoms with E-state index in [0.717, 1.165) is 24.0 Å². The number of nitrogens with zero attached hydrogens (tertiary/aromatic N) is 1. The molecule has 1 aromatic carbocycles. The van der Waals surface area contributed by atoms with Gasteiger partial charge in [-0.3, -0.25) is 0 Å². The number of hydrogen-bond acceptors (Lipinski definition) is 1. The molecule has 1 aromatic heterocycles. The summed E-state index contributed by atoms with van der Waals surface area (Å²) >= 11 is 0. The predicted octanol–water partition coefficient (Wildman–Crippen LogP) is 3.17. The largest absolute Gasteiger partial charge is 0.339 e. The number of hydrogen-bond donors (Lipinski definition) is 1. The molecule has 0 spiro atoms. The quantitative estimate of drug-likeness (QED) is 0.764. The fourth-order valence-electron chi connectivity index (χ4n) is 2.73. The van der Waals surface area contributed by atoms with Gasteiger partial charge in [0, 0.05) is 30.2 Å². The lowest BCUT2D eigenvalue weighted by Gasteiger charge is -2.25. The van der Waals surface area contributed by atoms with Crippen molar-refractivity contribution in [2.24, 2.45) is 0 Å². The molecule has 0 unspecified atom stereocenters. The third-order valence-corrected chi connectivity index (χ3v) is 3.35. The van der Waals surface area contributed by atoms with E-state index in [-0.39, 0.29) is 18.2 Å². The van der Waals surface area contributed by atoms with Crippen molar-refractivity contribution in [3.05, 3.63) is 35.3 Å². The first-order chi connectivity index (χ1) is 7.66. The summed E-state index contributed by atoms with van der Waals surface area (Å²) in [5.41, 5.74) is 3.46. The summed E-state index contributed by atoms with van der Waals surface area (Å²) in [6.45, 7) is 6.03. The maximum Gasteiger partial charge on any atom is 0.124 e. The predicted molar refractivity (Wildman–Crippen MR) is 70.3 cm³/mol. The zero-order chi connectivity index (χ0) is 11.3. The van der Waals surface area contributed by atoms with E-state index in [1.54, 1.807) is 12.1 Å². The Balaban J connectivity index is 0.00000108. The van der Waals surface area contributed by atoms with Gasteiger partial charge in [-0.2, -0.15) is 0 Å². The van der Waals surface area contributed by atoms with E-state index < -0.39 is 0 Å².